The Bertz CT molecular complexity index is 688. The van der Waals surface area contributed by atoms with Crippen LogP contribution in [0.4, 0.5) is 5.69 Å². The van der Waals surface area contributed by atoms with Crippen LogP contribution < -0.4 is 4.90 Å². The Hall–Kier alpha value is -2.00. The van der Waals surface area contributed by atoms with Gasteiger partial charge in [-0.2, -0.15) is 0 Å². The van der Waals surface area contributed by atoms with Gasteiger partial charge in [0.25, 0.3) is 5.91 Å². The van der Waals surface area contributed by atoms with Gasteiger partial charge in [0.15, 0.2) is 0 Å². The number of likely N-dealkylation sites (N-methyl/N-ethyl adjacent to an activating group) is 1. The van der Waals surface area contributed by atoms with E-state index < -0.39 is 0 Å². The average molecular weight is 281 g/mol. The summed E-state index contributed by atoms with van der Waals surface area (Å²) < 4.78 is 0. The van der Waals surface area contributed by atoms with Gasteiger partial charge in [-0.05, 0) is 36.1 Å². The fraction of sp³-hybridized carbons (Fsp3) is 0.118. The molecule has 0 spiro atoms. The van der Waals surface area contributed by atoms with Gasteiger partial charge in [-0.15, -0.1) is 11.8 Å². The molecule has 1 amide bonds. The predicted octanol–water partition coefficient (Wildman–Crippen LogP) is 3.93. The number of fused-ring (bicyclic) bond motifs is 1. The van der Waals surface area contributed by atoms with Crippen molar-refractivity contribution in [1.82, 2.24) is 0 Å². The Balaban J connectivity index is 2.04. The number of hydrogen-bond acceptors (Lipinski definition) is 2. The van der Waals surface area contributed by atoms with E-state index in [0.717, 1.165) is 22.4 Å². The first-order valence-corrected chi connectivity index (χ1v) is 7.66. The van der Waals surface area contributed by atoms with E-state index in [9.17, 15) is 4.79 Å². The van der Waals surface area contributed by atoms with Crippen molar-refractivity contribution in [2.24, 2.45) is 0 Å². The van der Waals surface area contributed by atoms with E-state index in [1.807, 2.05) is 49.5 Å². The van der Waals surface area contributed by atoms with Gasteiger partial charge >= 0.3 is 0 Å². The van der Waals surface area contributed by atoms with Crippen LogP contribution in [-0.4, -0.2) is 19.2 Å². The summed E-state index contributed by atoms with van der Waals surface area (Å²) in [6.45, 7) is 0. The van der Waals surface area contributed by atoms with E-state index in [1.165, 1.54) is 4.90 Å². The smallest absolute Gasteiger partial charge is 0.258 e. The molecule has 1 aliphatic heterocycles. The molecule has 0 saturated heterocycles. The normalized spacial score (nSPS) is 15.8. The van der Waals surface area contributed by atoms with Crippen molar-refractivity contribution < 1.29 is 4.79 Å². The van der Waals surface area contributed by atoms with E-state index >= 15 is 0 Å². The number of carbonyl (C=O) groups is 1. The maximum absolute atomic E-state index is 12.3. The second-order valence-electron chi connectivity index (χ2n) is 4.71. The molecule has 0 fully saturated rings. The second kappa shape index (κ2) is 5.17. The van der Waals surface area contributed by atoms with Crippen LogP contribution in [0.25, 0.3) is 11.6 Å². The number of rotatable bonds is 2. The Morgan fingerprint density at radius 3 is 2.45 bits per heavy atom. The molecule has 0 aromatic heterocycles. The van der Waals surface area contributed by atoms with Crippen LogP contribution in [0, 0.1) is 0 Å². The van der Waals surface area contributed by atoms with Gasteiger partial charge in [-0.25, -0.2) is 0 Å². The lowest BCUT2D eigenvalue weighted by atomic mass is 10.0. The predicted molar refractivity (Wildman–Crippen MR) is 85.9 cm³/mol. The molecule has 2 nitrogen and oxygen atoms in total. The van der Waals surface area contributed by atoms with Crippen molar-refractivity contribution in [3.63, 3.8) is 0 Å². The summed E-state index contributed by atoms with van der Waals surface area (Å²) in [4.78, 5) is 15.3. The monoisotopic (exact) mass is 281 g/mol. The van der Waals surface area contributed by atoms with Gasteiger partial charge in [0.05, 0.1) is 5.69 Å². The zero-order chi connectivity index (χ0) is 14.1. The maximum Gasteiger partial charge on any atom is 0.258 e. The zero-order valence-electron chi connectivity index (χ0n) is 11.5. The Morgan fingerprint density at radius 2 is 1.75 bits per heavy atom. The summed E-state index contributed by atoms with van der Waals surface area (Å²) in [5, 5.41) is 0. The summed E-state index contributed by atoms with van der Waals surface area (Å²) in [7, 11) is 1.82. The third-order valence-corrected chi connectivity index (χ3v) is 4.26. The van der Waals surface area contributed by atoms with Crippen molar-refractivity contribution in [3.8, 4) is 0 Å². The van der Waals surface area contributed by atoms with Crippen molar-refractivity contribution in [2.45, 2.75) is 4.90 Å². The van der Waals surface area contributed by atoms with Crippen LogP contribution in [0.5, 0.6) is 0 Å². The summed E-state index contributed by atoms with van der Waals surface area (Å²) >= 11 is 1.71. The van der Waals surface area contributed by atoms with Gasteiger partial charge in [0, 0.05) is 23.1 Å². The quantitative estimate of drug-likeness (QED) is 0.614. The molecule has 0 aliphatic carbocycles. The minimum absolute atomic E-state index is 0.0557. The molecule has 0 atom stereocenters. The molecule has 20 heavy (non-hydrogen) atoms. The summed E-state index contributed by atoms with van der Waals surface area (Å²) in [5.74, 6) is 0.0557. The molecule has 0 radical (unpaired) electrons. The summed E-state index contributed by atoms with van der Waals surface area (Å²) in [6, 6.07) is 16.1. The lowest BCUT2D eigenvalue weighted by Crippen LogP contribution is -2.20. The number of benzene rings is 2. The number of carbonyl (C=O) groups excluding carboxylic acids is 1. The van der Waals surface area contributed by atoms with Gasteiger partial charge in [0.2, 0.25) is 0 Å². The topological polar surface area (TPSA) is 20.3 Å². The first kappa shape index (κ1) is 13.0. The first-order valence-electron chi connectivity index (χ1n) is 6.44. The lowest BCUT2D eigenvalue weighted by Gasteiger charge is -2.07. The number of thioether (sulfide) groups is 1. The highest BCUT2D eigenvalue weighted by Gasteiger charge is 2.28. The van der Waals surface area contributed by atoms with E-state index in [1.54, 1.807) is 16.7 Å². The van der Waals surface area contributed by atoms with Crippen LogP contribution in [-0.2, 0) is 4.79 Å². The molecule has 1 heterocycles. The summed E-state index contributed by atoms with van der Waals surface area (Å²) in [6.07, 6.45) is 4.02. The van der Waals surface area contributed by atoms with Crippen molar-refractivity contribution in [3.05, 3.63) is 59.7 Å². The third-order valence-electron chi connectivity index (χ3n) is 3.52. The fourth-order valence-corrected chi connectivity index (χ4v) is 2.81. The van der Waals surface area contributed by atoms with E-state index in [0.29, 0.717) is 0 Å². The van der Waals surface area contributed by atoms with Crippen molar-refractivity contribution >= 4 is 35.0 Å². The average Bonchev–Trinajstić information content (AvgIpc) is 2.74. The summed E-state index contributed by atoms with van der Waals surface area (Å²) in [5.41, 5.74) is 3.80. The lowest BCUT2D eigenvalue weighted by molar-refractivity contribution is -0.112. The highest BCUT2D eigenvalue weighted by Crippen LogP contribution is 2.36. The second-order valence-corrected chi connectivity index (χ2v) is 5.59. The van der Waals surface area contributed by atoms with Crippen LogP contribution in [0.3, 0.4) is 0 Å². The Morgan fingerprint density at radius 1 is 1.05 bits per heavy atom. The molecule has 2 aromatic carbocycles. The Kier molecular flexibility index (Phi) is 3.36. The molecule has 2 aromatic rings. The number of para-hydroxylation sites is 1. The molecule has 0 bridgehead atoms. The van der Waals surface area contributed by atoms with Gasteiger partial charge in [0.1, 0.15) is 0 Å². The first-order chi connectivity index (χ1) is 9.70. The minimum Gasteiger partial charge on any atom is -0.311 e. The van der Waals surface area contributed by atoms with Crippen LogP contribution >= 0.6 is 11.8 Å². The molecule has 0 unspecified atom stereocenters. The molecule has 3 heteroatoms. The molecule has 0 N–H and O–H groups in total. The molecule has 100 valence electrons. The van der Waals surface area contributed by atoms with Gasteiger partial charge in [-0.1, -0.05) is 30.3 Å². The van der Waals surface area contributed by atoms with E-state index in [-0.39, 0.29) is 5.91 Å². The minimum atomic E-state index is 0.0557. The molecular formula is C17H15NOS. The largest absolute Gasteiger partial charge is 0.311 e. The fourth-order valence-electron chi connectivity index (χ4n) is 2.41. The number of anilines is 1. The third kappa shape index (κ3) is 2.14. The van der Waals surface area contributed by atoms with E-state index in [2.05, 4.69) is 18.4 Å². The number of nitrogens with zero attached hydrogens (tertiary/aromatic N) is 1. The van der Waals surface area contributed by atoms with E-state index in [4.69, 9.17) is 0 Å². The molecule has 0 saturated carbocycles. The highest BCUT2D eigenvalue weighted by molar-refractivity contribution is 7.98. The van der Waals surface area contributed by atoms with Gasteiger partial charge < -0.3 is 4.90 Å². The van der Waals surface area contributed by atoms with Crippen LogP contribution in [0.1, 0.15) is 11.1 Å². The van der Waals surface area contributed by atoms with Crippen molar-refractivity contribution in [2.75, 3.05) is 18.2 Å². The molecule has 3 rings (SSSR count). The number of hydrogen-bond donors (Lipinski definition) is 0. The standard InChI is InChI=1S/C17H15NOS/c1-18-16-6-4-3-5-14(16)15(17(18)19)11-12-7-9-13(20-2)10-8-12/h3-11H,1-2H3/b15-11+. The van der Waals surface area contributed by atoms with Crippen LogP contribution in [0.15, 0.2) is 53.4 Å². The maximum atomic E-state index is 12.3. The highest BCUT2D eigenvalue weighted by atomic mass is 32.2. The Labute approximate surface area is 123 Å². The molecule has 1 aliphatic rings. The van der Waals surface area contributed by atoms with Crippen molar-refractivity contribution in [1.29, 1.82) is 0 Å². The number of amides is 1. The van der Waals surface area contributed by atoms with Gasteiger partial charge in [-0.3, -0.25) is 4.79 Å². The van der Waals surface area contributed by atoms with Crippen LogP contribution in [0.2, 0.25) is 0 Å². The SMILES string of the molecule is CSc1ccc(/C=C2/C(=O)N(C)c3ccccc32)cc1. The molecular weight excluding hydrogens is 266 g/mol. The zero-order valence-corrected chi connectivity index (χ0v) is 12.3.